The highest BCUT2D eigenvalue weighted by molar-refractivity contribution is 7.09. The van der Waals surface area contributed by atoms with Gasteiger partial charge in [-0.2, -0.15) is 0 Å². The topological polar surface area (TPSA) is 33.1 Å². The fraction of sp³-hybridized carbons (Fsp3) is 0.700. The van der Waals surface area contributed by atoms with Crippen molar-refractivity contribution >= 4 is 11.3 Å². The summed E-state index contributed by atoms with van der Waals surface area (Å²) in [6.45, 7) is 6.23. The second-order valence-corrected chi connectivity index (χ2v) is 4.91. The Bertz CT molecular complexity index is 257. The molecule has 0 radical (unpaired) electrons. The summed E-state index contributed by atoms with van der Waals surface area (Å²) in [5.41, 5.74) is 1.02. The van der Waals surface area contributed by atoms with Gasteiger partial charge in [0.2, 0.25) is 0 Å². The Morgan fingerprint density at radius 1 is 1.54 bits per heavy atom. The molecular weight excluding hydrogens is 182 g/mol. The highest BCUT2D eigenvalue weighted by Crippen LogP contribution is 2.13. The smallest absolute Gasteiger partial charge is 0.0897 e. The third kappa shape index (κ3) is 3.87. The molecule has 2 nitrogen and oxygen atoms in total. The molecule has 0 fully saturated rings. The first-order chi connectivity index (χ1) is 6.08. The Hall–Kier alpha value is -0.410. The summed E-state index contributed by atoms with van der Waals surface area (Å²) in [7, 11) is 0. The molecule has 0 saturated carbocycles. The number of rotatable bonds is 4. The van der Waals surface area contributed by atoms with Gasteiger partial charge in [-0.3, -0.25) is 0 Å². The van der Waals surface area contributed by atoms with Gasteiger partial charge in [-0.05, 0) is 19.3 Å². The Morgan fingerprint density at radius 3 is 2.69 bits per heavy atom. The van der Waals surface area contributed by atoms with Gasteiger partial charge in [0.15, 0.2) is 0 Å². The van der Waals surface area contributed by atoms with Crippen LogP contribution in [0.2, 0.25) is 0 Å². The van der Waals surface area contributed by atoms with Crippen molar-refractivity contribution in [2.24, 2.45) is 5.92 Å². The molecule has 1 aromatic rings. The zero-order valence-corrected chi connectivity index (χ0v) is 9.27. The lowest BCUT2D eigenvalue weighted by Crippen LogP contribution is -2.13. The molecule has 0 aliphatic heterocycles. The average Bonchev–Trinajstić information content (AvgIpc) is 2.33. The molecule has 1 atom stereocenters. The van der Waals surface area contributed by atoms with Crippen molar-refractivity contribution in [1.82, 2.24) is 4.98 Å². The third-order valence-corrected chi connectivity index (χ3v) is 2.68. The number of thiazole rings is 1. The first kappa shape index (κ1) is 10.7. The van der Waals surface area contributed by atoms with Gasteiger partial charge in [-0.15, -0.1) is 11.3 Å². The van der Waals surface area contributed by atoms with Crippen molar-refractivity contribution in [3.63, 3.8) is 0 Å². The first-order valence-electron chi connectivity index (χ1n) is 4.67. The summed E-state index contributed by atoms with van der Waals surface area (Å²) < 4.78 is 0. The van der Waals surface area contributed by atoms with Gasteiger partial charge in [0.1, 0.15) is 0 Å². The molecular formula is C10H17NOS. The van der Waals surface area contributed by atoms with Gasteiger partial charge in [0, 0.05) is 11.8 Å². The van der Waals surface area contributed by atoms with Crippen molar-refractivity contribution in [1.29, 1.82) is 0 Å². The van der Waals surface area contributed by atoms with E-state index in [0.29, 0.717) is 12.3 Å². The van der Waals surface area contributed by atoms with Crippen LogP contribution < -0.4 is 0 Å². The lowest BCUT2D eigenvalue weighted by Gasteiger charge is -2.10. The van der Waals surface area contributed by atoms with E-state index in [2.05, 4.69) is 18.8 Å². The Kier molecular flexibility index (Phi) is 3.88. The van der Waals surface area contributed by atoms with Crippen molar-refractivity contribution in [2.45, 2.75) is 39.7 Å². The maximum atomic E-state index is 9.65. The second-order valence-electron chi connectivity index (χ2n) is 3.85. The number of hydrogen-bond donors (Lipinski definition) is 1. The Balaban J connectivity index is 2.40. The number of aliphatic hydroxyl groups excluding tert-OH is 1. The second kappa shape index (κ2) is 4.72. The number of aliphatic hydroxyl groups is 1. The van der Waals surface area contributed by atoms with Gasteiger partial charge in [-0.1, -0.05) is 13.8 Å². The van der Waals surface area contributed by atoms with E-state index in [1.165, 1.54) is 0 Å². The molecule has 74 valence electrons. The Labute approximate surface area is 83.6 Å². The van der Waals surface area contributed by atoms with E-state index < -0.39 is 0 Å². The van der Waals surface area contributed by atoms with Crippen LogP contribution in [0.3, 0.4) is 0 Å². The number of aromatic nitrogens is 1. The van der Waals surface area contributed by atoms with Gasteiger partial charge in [0.25, 0.3) is 0 Å². The van der Waals surface area contributed by atoms with Gasteiger partial charge in [-0.25, -0.2) is 4.98 Å². The molecule has 0 aromatic carbocycles. The summed E-state index contributed by atoms with van der Waals surface area (Å²) in [6.07, 6.45) is 1.32. The number of nitrogens with zero attached hydrogens (tertiary/aromatic N) is 1. The molecule has 0 amide bonds. The predicted molar refractivity (Wildman–Crippen MR) is 56.0 cm³/mol. The largest absolute Gasteiger partial charge is 0.393 e. The maximum Gasteiger partial charge on any atom is 0.0897 e. The minimum absolute atomic E-state index is 0.235. The van der Waals surface area contributed by atoms with E-state index in [0.717, 1.165) is 17.1 Å². The molecule has 0 saturated heterocycles. The van der Waals surface area contributed by atoms with E-state index in [1.807, 2.05) is 12.3 Å². The molecule has 0 aliphatic rings. The van der Waals surface area contributed by atoms with Crippen molar-refractivity contribution in [2.75, 3.05) is 0 Å². The number of hydrogen-bond acceptors (Lipinski definition) is 3. The van der Waals surface area contributed by atoms with Crippen LogP contribution in [0.5, 0.6) is 0 Å². The van der Waals surface area contributed by atoms with Crippen LogP contribution in [-0.4, -0.2) is 16.2 Å². The summed E-state index contributed by atoms with van der Waals surface area (Å²) in [6, 6.07) is 0. The van der Waals surface area contributed by atoms with E-state index in [4.69, 9.17) is 0 Å². The normalized spacial score (nSPS) is 13.6. The fourth-order valence-electron chi connectivity index (χ4n) is 1.37. The minimum atomic E-state index is -0.235. The molecule has 1 heterocycles. The van der Waals surface area contributed by atoms with Crippen LogP contribution in [0, 0.1) is 12.8 Å². The standard InChI is InChI=1S/C10H17NOS/c1-7(2)4-10(12)5-9-6-13-8(3)11-9/h6-7,10,12H,4-5H2,1-3H3. The Morgan fingerprint density at radius 2 is 2.23 bits per heavy atom. The first-order valence-corrected chi connectivity index (χ1v) is 5.55. The fourth-order valence-corrected chi connectivity index (χ4v) is 2.00. The quantitative estimate of drug-likeness (QED) is 0.807. The van der Waals surface area contributed by atoms with Crippen molar-refractivity contribution in [3.05, 3.63) is 16.1 Å². The van der Waals surface area contributed by atoms with Crippen LogP contribution in [0.1, 0.15) is 31.0 Å². The molecule has 0 spiro atoms. The van der Waals surface area contributed by atoms with Crippen LogP contribution in [-0.2, 0) is 6.42 Å². The van der Waals surface area contributed by atoms with E-state index in [9.17, 15) is 5.11 Å². The van der Waals surface area contributed by atoms with Crippen molar-refractivity contribution in [3.8, 4) is 0 Å². The maximum absolute atomic E-state index is 9.65. The lowest BCUT2D eigenvalue weighted by atomic mass is 10.0. The van der Waals surface area contributed by atoms with Gasteiger partial charge >= 0.3 is 0 Å². The number of aryl methyl sites for hydroxylation is 1. The molecule has 0 bridgehead atoms. The van der Waals surface area contributed by atoms with Gasteiger partial charge in [0.05, 0.1) is 16.8 Å². The van der Waals surface area contributed by atoms with E-state index >= 15 is 0 Å². The van der Waals surface area contributed by atoms with E-state index in [-0.39, 0.29) is 6.10 Å². The third-order valence-electron chi connectivity index (χ3n) is 1.85. The van der Waals surface area contributed by atoms with Crippen LogP contribution in [0.15, 0.2) is 5.38 Å². The molecule has 1 unspecified atom stereocenters. The molecule has 1 N–H and O–H groups in total. The minimum Gasteiger partial charge on any atom is -0.393 e. The zero-order chi connectivity index (χ0) is 9.84. The summed E-state index contributed by atoms with van der Waals surface area (Å²) in [4.78, 5) is 4.32. The summed E-state index contributed by atoms with van der Waals surface area (Å²) >= 11 is 1.64. The van der Waals surface area contributed by atoms with Gasteiger partial charge < -0.3 is 5.11 Å². The highest BCUT2D eigenvalue weighted by Gasteiger charge is 2.09. The molecule has 1 rings (SSSR count). The summed E-state index contributed by atoms with van der Waals surface area (Å²) in [5.74, 6) is 0.551. The molecule has 3 heteroatoms. The van der Waals surface area contributed by atoms with E-state index in [1.54, 1.807) is 11.3 Å². The van der Waals surface area contributed by atoms with Crippen LogP contribution >= 0.6 is 11.3 Å². The highest BCUT2D eigenvalue weighted by atomic mass is 32.1. The molecule has 0 aliphatic carbocycles. The average molecular weight is 199 g/mol. The van der Waals surface area contributed by atoms with Crippen LogP contribution in [0.25, 0.3) is 0 Å². The van der Waals surface area contributed by atoms with Crippen molar-refractivity contribution < 1.29 is 5.11 Å². The monoisotopic (exact) mass is 199 g/mol. The SMILES string of the molecule is Cc1nc(CC(O)CC(C)C)cs1. The lowest BCUT2D eigenvalue weighted by molar-refractivity contribution is 0.148. The predicted octanol–water partition coefficient (Wildman–Crippen LogP) is 2.40. The van der Waals surface area contributed by atoms with Crippen LogP contribution in [0.4, 0.5) is 0 Å². The molecule has 13 heavy (non-hydrogen) atoms. The zero-order valence-electron chi connectivity index (χ0n) is 8.45. The summed E-state index contributed by atoms with van der Waals surface area (Å²) in [5, 5.41) is 12.7. The molecule has 1 aromatic heterocycles.